The van der Waals surface area contributed by atoms with Gasteiger partial charge in [0.25, 0.3) is 0 Å². The maximum absolute atomic E-state index is 12.5. The fourth-order valence-corrected chi connectivity index (χ4v) is 5.83. The number of unbranched alkanes of at least 4 members (excludes halogenated alkanes) is 1. The molecule has 1 saturated carbocycles. The molecular weight excluding hydrogens is 460 g/mol. The largest absolute Gasteiger partial charge is 0.481 e. The number of rotatable bonds is 11. The minimum atomic E-state index is -0.813. The quantitative estimate of drug-likeness (QED) is 0.283. The highest BCUT2D eigenvalue weighted by Gasteiger charge is 2.35. The van der Waals surface area contributed by atoms with E-state index in [-0.39, 0.29) is 24.0 Å². The van der Waals surface area contributed by atoms with Crippen LogP contribution in [0.5, 0.6) is 0 Å². The Hall–Kier alpha value is -1.99. The lowest BCUT2D eigenvalue weighted by Gasteiger charge is -2.32. The fraction of sp³-hybridized carbons (Fsp3) is 0.462. The van der Waals surface area contributed by atoms with E-state index in [2.05, 4.69) is 0 Å². The van der Waals surface area contributed by atoms with Gasteiger partial charge in [0, 0.05) is 39.6 Å². The van der Waals surface area contributed by atoms with E-state index in [1.165, 1.54) is 0 Å². The van der Waals surface area contributed by atoms with Gasteiger partial charge in [0.1, 0.15) is 5.78 Å². The first-order chi connectivity index (χ1) is 15.9. The van der Waals surface area contributed by atoms with E-state index in [0.717, 1.165) is 20.0 Å². The average Bonchev–Trinajstić information content (AvgIpc) is 3.11. The number of hydrogen-bond acceptors (Lipinski definition) is 5. The molecular formula is C26H31ClO5S. The molecule has 0 aliphatic heterocycles. The number of carboxylic acid groups (broad SMARTS) is 1. The molecule has 1 heterocycles. The third-order valence-corrected chi connectivity index (χ3v) is 7.93. The van der Waals surface area contributed by atoms with Gasteiger partial charge >= 0.3 is 5.97 Å². The summed E-state index contributed by atoms with van der Waals surface area (Å²) in [5, 5.41) is 31.5. The summed E-state index contributed by atoms with van der Waals surface area (Å²) in [5.41, 5.74) is 0. The number of thiophene rings is 1. The zero-order valence-corrected chi connectivity index (χ0v) is 20.1. The number of aliphatic hydroxyl groups is 2. The van der Waals surface area contributed by atoms with Crippen LogP contribution in [0.2, 0.25) is 5.02 Å². The van der Waals surface area contributed by atoms with Gasteiger partial charge in [-0.15, -0.1) is 11.3 Å². The molecule has 1 fully saturated rings. The molecule has 0 bridgehead atoms. The molecule has 4 unspecified atom stereocenters. The summed E-state index contributed by atoms with van der Waals surface area (Å²) in [4.78, 5) is 24.1. The van der Waals surface area contributed by atoms with Crippen LogP contribution in [0.1, 0.15) is 49.8 Å². The zero-order chi connectivity index (χ0) is 23.8. The van der Waals surface area contributed by atoms with Crippen molar-refractivity contribution in [2.24, 2.45) is 11.8 Å². The van der Waals surface area contributed by atoms with Crippen molar-refractivity contribution in [2.75, 3.05) is 0 Å². The van der Waals surface area contributed by atoms with Gasteiger partial charge in [-0.05, 0) is 44.6 Å². The summed E-state index contributed by atoms with van der Waals surface area (Å²) in [5.74, 6) is -1.36. The Labute approximate surface area is 203 Å². The summed E-state index contributed by atoms with van der Waals surface area (Å²) in [6.45, 7) is 0. The van der Waals surface area contributed by atoms with E-state index in [9.17, 15) is 19.8 Å². The number of halogens is 1. The second-order valence-corrected chi connectivity index (χ2v) is 10.1. The minimum absolute atomic E-state index is 0.122. The third-order valence-electron chi connectivity index (χ3n) is 6.15. The maximum atomic E-state index is 12.5. The van der Waals surface area contributed by atoms with Gasteiger partial charge in [-0.2, -0.15) is 0 Å². The van der Waals surface area contributed by atoms with Crippen molar-refractivity contribution < 1.29 is 24.9 Å². The molecule has 3 N–H and O–H groups in total. The van der Waals surface area contributed by atoms with Gasteiger partial charge in [0.05, 0.1) is 17.2 Å². The molecule has 1 aromatic carbocycles. The van der Waals surface area contributed by atoms with Crippen LogP contribution in [0, 0.1) is 11.8 Å². The fourth-order valence-electron chi connectivity index (χ4n) is 4.29. The van der Waals surface area contributed by atoms with Gasteiger partial charge in [-0.25, -0.2) is 0 Å². The molecule has 0 radical (unpaired) electrons. The number of carboxylic acids is 1. The Morgan fingerprint density at radius 1 is 1.27 bits per heavy atom. The van der Waals surface area contributed by atoms with Crippen LogP contribution in [0.3, 0.4) is 0 Å². The lowest BCUT2D eigenvalue weighted by atomic mass is 9.74. The molecule has 5 nitrogen and oxygen atoms in total. The van der Waals surface area contributed by atoms with Crippen molar-refractivity contribution in [1.29, 1.82) is 0 Å². The highest BCUT2D eigenvalue weighted by Crippen LogP contribution is 2.36. The SMILES string of the molecule is O=C(O)CCC/C=C/CC1C(=O)CCC(O)C1/C=C/C(O)CCc1sc2ccccc2c1Cl. The number of hydrogen-bond donors (Lipinski definition) is 3. The predicted molar refractivity (Wildman–Crippen MR) is 133 cm³/mol. The van der Waals surface area contributed by atoms with Crippen LogP contribution in [0.4, 0.5) is 0 Å². The summed E-state index contributed by atoms with van der Waals surface area (Å²) >= 11 is 8.13. The second kappa shape index (κ2) is 12.5. The Kier molecular flexibility index (Phi) is 9.68. The molecule has 33 heavy (non-hydrogen) atoms. The molecule has 0 saturated heterocycles. The van der Waals surface area contributed by atoms with E-state index in [1.54, 1.807) is 23.5 Å². The number of ketones is 1. The Morgan fingerprint density at radius 2 is 2.06 bits per heavy atom. The van der Waals surface area contributed by atoms with Gasteiger partial charge in [0.2, 0.25) is 0 Å². The molecule has 1 aromatic heterocycles. The van der Waals surface area contributed by atoms with Gasteiger partial charge in [0.15, 0.2) is 0 Å². The van der Waals surface area contributed by atoms with Gasteiger partial charge in [-0.3, -0.25) is 9.59 Å². The lowest BCUT2D eigenvalue weighted by Crippen LogP contribution is -2.37. The first-order valence-electron chi connectivity index (χ1n) is 11.5. The van der Waals surface area contributed by atoms with Crippen LogP contribution >= 0.6 is 22.9 Å². The van der Waals surface area contributed by atoms with Crippen LogP contribution in [-0.4, -0.2) is 39.3 Å². The Morgan fingerprint density at radius 3 is 2.82 bits per heavy atom. The van der Waals surface area contributed by atoms with E-state index >= 15 is 0 Å². The van der Waals surface area contributed by atoms with Crippen molar-refractivity contribution in [3.63, 3.8) is 0 Å². The van der Waals surface area contributed by atoms with Crippen molar-refractivity contribution in [2.45, 2.75) is 63.6 Å². The molecule has 7 heteroatoms. The van der Waals surface area contributed by atoms with E-state index < -0.39 is 18.2 Å². The van der Waals surface area contributed by atoms with Crippen molar-refractivity contribution >= 4 is 44.8 Å². The predicted octanol–water partition coefficient (Wildman–Crippen LogP) is 5.56. The number of Topliss-reactive ketones (excluding diaryl/α,β-unsaturated/α-hetero) is 1. The number of carbonyl (C=O) groups is 2. The minimum Gasteiger partial charge on any atom is -0.481 e. The zero-order valence-electron chi connectivity index (χ0n) is 18.5. The van der Waals surface area contributed by atoms with Crippen molar-refractivity contribution in [3.8, 4) is 0 Å². The normalized spacial score (nSPS) is 22.5. The van der Waals surface area contributed by atoms with Crippen molar-refractivity contribution in [3.05, 3.63) is 58.5 Å². The molecule has 3 rings (SSSR count). The molecule has 0 spiro atoms. The summed E-state index contributed by atoms with van der Waals surface area (Å²) in [6, 6.07) is 7.97. The molecule has 0 amide bonds. The number of allylic oxidation sites excluding steroid dienone is 2. The highest BCUT2D eigenvalue weighted by atomic mass is 35.5. The number of aliphatic hydroxyl groups excluding tert-OH is 2. The summed E-state index contributed by atoms with van der Waals surface area (Å²) in [7, 11) is 0. The maximum Gasteiger partial charge on any atom is 0.303 e. The van der Waals surface area contributed by atoms with Crippen LogP contribution in [-0.2, 0) is 16.0 Å². The van der Waals surface area contributed by atoms with Crippen LogP contribution in [0.15, 0.2) is 48.6 Å². The van der Waals surface area contributed by atoms with Gasteiger partial charge < -0.3 is 15.3 Å². The van der Waals surface area contributed by atoms with Crippen LogP contribution in [0.25, 0.3) is 10.1 Å². The first kappa shape index (κ1) is 25.6. The highest BCUT2D eigenvalue weighted by molar-refractivity contribution is 7.19. The Bertz CT molecular complexity index is 1010. The van der Waals surface area contributed by atoms with Crippen molar-refractivity contribution in [1.82, 2.24) is 0 Å². The topological polar surface area (TPSA) is 94.8 Å². The second-order valence-electron chi connectivity index (χ2n) is 8.58. The molecule has 1 aliphatic rings. The standard InChI is InChI=1S/C26H31ClO5S/c27-26-20-8-5-6-9-23(20)33-24(26)16-12-17(28)11-13-19-18(21(29)14-15-22(19)30)7-3-1-2-4-10-25(31)32/h1,3,5-6,8-9,11,13,17-19,22,28,30H,2,4,7,10,12,14-16H2,(H,31,32)/b3-1+,13-11+. The number of carbonyl (C=O) groups excluding carboxylic acids is 1. The molecule has 1 aliphatic carbocycles. The van der Waals surface area contributed by atoms with E-state index in [0.29, 0.717) is 44.9 Å². The van der Waals surface area contributed by atoms with Crippen LogP contribution < -0.4 is 0 Å². The average molecular weight is 491 g/mol. The van der Waals surface area contributed by atoms with E-state index in [1.807, 2.05) is 36.4 Å². The smallest absolute Gasteiger partial charge is 0.303 e. The first-order valence-corrected chi connectivity index (χ1v) is 12.7. The number of benzene rings is 1. The summed E-state index contributed by atoms with van der Waals surface area (Å²) < 4.78 is 1.13. The molecule has 178 valence electrons. The lowest BCUT2D eigenvalue weighted by molar-refractivity contribution is -0.137. The molecule has 2 aromatic rings. The number of aliphatic carboxylic acids is 1. The summed E-state index contributed by atoms with van der Waals surface area (Å²) in [6.07, 6.45) is 9.78. The monoisotopic (exact) mass is 490 g/mol. The van der Waals surface area contributed by atoms with E-state index in [4.69, 9.17) is 16.7 Å². The third kappa shape index (κ3) is 7.24. The van der Waals surface area contributed by atoms with Gasteiger partial charge in [-0.1, -0.05) is 54.1 Å². The number of aryl methyl sites for hydroxylation is 1. The molecule has 4 atom stereocenters. The number of fused-ring (bicyclic) bond motifs is 1. The Balaban J connectivity index is 1.56.